The molecule has 2 aliphatic rings. The summed E-state index contributed by atoms with van der Waals surface area (Å²) in [6.07, 6.45) is -1.70. The van der Waals surface area contributed by atoms with Crippen molar-refractivity contribution in [2.24, 2.45) is 5.73 Å². The maximum Gasteiger partial charge on any atom is 0.269 e. The number of amides is 3. The van der Waals surface area contributed by atoms with Crippen molar-refractivity contribution < 1.29 is 23.2 Å². The van der Waals surface area contributed by atoms with Crippen LogP contribution in [0, 0.1) is 5.82 Å². The van der Waals surface area contributed by atoms with E-state index in [-0.39, 0.29) is 36.5 Å². The number of para-hydroxylation sites is 1. The van der Waals surface area contributed by atoms with Crippen LogP contribution in [0.1, 0.15) is 16.9 Å². The zero-order valence-electron chi connectivity index (χ0n) is 22.2. The SMILES string of the molecule is NC(=O)c1nn(CC(=O)N2C[C@H](F)C[C@H]2C(=O)Nc2cccc(-c3ccc4c(c3Cl)NCCN4)c2F)c2ccccc12. The molecule has 0 spiro atoms. The number of alkyl halides is 1. The summed E-state index contributed by atoms with van der Waals surface area (Å²) in [4.78, 5) is 39.6. The molecule has 0 radical (unpaired) electrons. The number of nitrogens with zero attached hydrogens (tertiary/aromatic N) is 3. The second kappa shape index (κ2) is 10.9. The molecule has 216 valence electrons. The predicted molar refractivity (Wildman–Crippen MR) is 156 cm³/mol. The normalized spacial score (nSPS) is 17.8. The van der Waals surface area contributed by atoms with Gasteiger partial charge in [-0.05, 0) is 18.2 Å². The van der Waals surface area contributed by atoms with Crippen molar-refractivity contribution in [3.8, 4) is 11.1 Å². The van der Waals surface area contributed by atoms with Crippen molar-refractivity contribution in [3.63, 3.8) is 0 Å². The number of nitrogens with one attached hydrogen (secondary N) is 3. The molecule has 4 aromatic rings. The Kier molecular flexibility index (Phi) is 7.15. The lowest BCUT2D eigenvalue weighted by molar-refractivity contribution is -0.137. The summed E-state index contributed by atoms with van der Waals surface area (Å²) in [6, 6.07) is 13.6. The highest BCUT2D eigenvalue weighted by Crippen LogP contribution is 2.41. The van der Waals surface area contributed by atoms with E-state index in [0.29, 0.717) is 33.7 Å². The van der Waals surface area contributed by atoms with Gasteiger partial charge >= 0.3 is 0 Å². The average molecular weight is 594 g/mol. The Balaban J connectivity index is 1.23. The molecule has 2 aliphatic heterocycles. The number of carbonyl (C=O) groups is 3. The predicted octanol–water partition coefficient (Wildman–Crippen LogP) is 4.01. The fourth-order valence-electron chi connectivity index (χ4n) is 5.50. The van der Waals surface area contributed by atoms with Crippen LogP contribution in [0.15, 0.2) is 54.6 Å². The molecular weight excluding hydrogens is 568 g/mol. The number of carbonyl (C=O) groups excluding carboxylic acids is 3. The first-order valence-electron chi connectivity index (χ1n) is 13.3. The molecule has 3 heterocycles. The van der Waals surface area contributed by atoms with Gasteiger partial charge < -0.3 is 26.6 Å². The first kappa shape index (κ1) is 27.5. The van der Waals surface area contributed by atoms with Crippen molar-refractivity contribution in [2.75, 3.05) is 35.6 Å². The van der Waals surface area contributed by atoms with Gasteiger partial charge in [-0.2, -0.15) is 5.10 Å². The number of aromatic nitrogens is 2. The van der Waals surface area contributed by atoms with Crippen molar-refractivity contribution in [2.45, 2.75) is 25.2 Å². The molecule has 0 unspecified atom stereocenters. The lowest BCUT2D eigenvalue weighted by Gasteiger charge is -2.24. The second-order valence-corrected chi connectivity index (χ2v) is 10.5. The van der Waals surface area contributed by atoms with Crippen LogP contribution in [-0.2, 0) is 16.1 Å². The number of rotatable bonds is 6. The summed E-state index contributed by atoms with van der Waals surface area (Å²) in [6.45, 7) is 0.719. The summed E-state index contributed by atoms with van der Waals surface area (Å²) in [7, 11) is 0. The van der Waals surface area contributed by atoms with Gasteiger partial charge in [0.2, 0.25) is 11.8 Å². The van der Waals surface area contributed by atoms with E-state index in [1.54, 1.807) is 48.5 Å². The third-order valence-corrected chi connectivity index (χ3v) is 7.87. The third-order valence-electron chi connectivity index (χ3n) is 7.48. The molecule has 1 fully saturated rings. The lowest BCUT2D eigenvalue weighted by atomic mass is 10.0. The van der Waals surface area contributed by atoms with Gasteiger partial charge in [-0.15, -0.1) is 0 Å². The standard InChI is InChI=1S/C29H26ClF2N7O3/c30-24-16(8-9-20-27(24)35-11-10-34-20)17-5-3-6-19(25(17)32)36-29(42)22-12-15(31)13-38(22)23(40)14-39-21-7-2-1-4-18(21)26(37-39)28(33)41/h1-9,15,22,34-35H,10-14H2,(H2,33,41)(H,36,42)/t15-,22+/m1/s1. The molecule has 3 amide bonds. The molecular formula is C29H26ClF2N7O3. The van der Waals surface area contributed by atoms with Gasteiger partial charge in [0.15, 0.2) is 11.5 Å². The highest BCUT2D eigenvalue weighted by atomic mass is 35.5. The fourth-order valence-corrected chi connectivity index (χ4v) is 5.83. The molecule has 1 aromatic heterocycles. The first-order chi connectivity index (χ1) is 20.2. The van der Waals surface area contributed by atoms with E-state index in [4.69, 9.17) is 17.3 Å². The molecule has 0 aliphatic carbocycles. The number of nitrogens with two attached hydrogens (primary N) is 1. The lowest BCUT2D eigenvalue weighted by Crippen LogP contribution is -2.44. The maximum atomic E-state index is 15.7. The average Bonchev–Trinajstić information content (AvgIpc) is 3.56. The Morgan fingerprint density at radius 2 is 1.83 bits per heavy atom. The second-order valence-electron chi connectivity index (χ2n) is 10.1. The van der Waals surface area contributed by atoms with Gasteiger partial charge in [0.05, 0.1) is 34.1 Å². The van der Waals surface area contributed by atoms with E-state index in [2.05, 4.69) is 21.0 Å². The van der Waals surface area contributed by atoms with Crippen LogP contribution in [0.2, 0.25) is 5.02 Å². The van der Waals surface area contributed by atoms with Gasteiger partial charge in [0.1, 0.15) is 18.8 Å². The smallest absolute Gasteiger partial charge is 0.269 e. The van der Waals surface area contributed by atoms with E-state index in [1.807, 2.05) is 0 Å². The Bertz CT molecular complexity index is 1740. The molecule has 0 bridgehead atoms. The first-order valence-corrected chi connectivity index (χ1v) is 13.7. The van der Waals surface area contributed by atoms with Crippen LogP contribution in [0.4, 0.5) is 25.8 Å². The monoisotopic (exact) mass is 593 g/mol. The zero-order chi connectivity index (χ0) is 29.5. The summed E-state index contributed by atoms with van der Waals surface area (Å²) < 4.78 is 31.6. The topological polar surface area (TPSA) is 134 Å². The van der Waals surface area contributed by atoms with Gasteiger partial charge in [0, 0.05) is 36.0 Å². The third kappa shape index (κ3) is 4.87. The van der Waals surface area contributed by atoms with Gasteiger partial charge in [-0.25, -0.2) is 8.78 Å². The van der Waals surface area contributed by atoms with Crippen LogP contribution < -0.4 is 21.7 Å². The largest absolute Gasteiger partial charge is 0.382 e. The van der Waals surface area contributed by atoms with Crippen molar-refractivity contribution in [1.82, 2.24) is 14.7 Å². The molecule has 6 rings (SSSR count). The minimum atomic E-state index is -1.45. The Labute approximate surface area is 243 Å². The van der Waals surface area contributed by atoms with Crippen molar-refractivity contribution >= 4 is 57.3 Å². The summed E-state index contributed by atoms with van der Waals surface area (Å²) in [5.41, 5.74) is 7.88. The van der Waals surface area contributed by atoms with E-state index in [1.165, 1.54) is 10.7 Å². The van der Waals surface area contributed by atoms with Crippen LogP contribution in [0.5, 0.6) is 0 Å². The molecule has 10 nitrogen and oxygen atoms in total. The molecule has 3 aromatic carbocycles. The summed E-state index contributed by atoms with van der Waals surface area (Å²) >= 11 is 6.61. The van der Waals surface area contributed by atoms with Gasteiger partial charge in [-0.3, -0.25) is 19.1 Å². The molecule has 1 saturated heterocycles. The number of fused-ring (bicyclic) bond motifs is 2. The van der Waals surface area contributed by atoms with Crippen LogP contribution in [0.3, 0.4) is 0 Å². The number of benzene rings is 3. The minimum absolute atomic E-state index is 0.00101. The number of halogens is 3. The Morgan fingerprint density at radius 3 is 2.64 bits per heavy atom. The highest BCUT2D eigenvalue weighted by molar-refractivity contribution is 6.36. The van der Waals surface area contributed by atoms with E-state index < -0.39 is 35.8 Å². The van der Waals surface area contributed by atoms with Crippen LogP contribution in [0.25, 0.3) is 22.0 Å². The van der Waals surface area contributed by atoms with E-state index in [0.717, 1.165) is 17.1 Å². The van der Waals surface area contributed by atoms with Gasteiger partial charge in [0.25, 0.3) is 5.91 Å². The minimum Gasteiger partial charge on any atom is -0.382 e. The number of likely N-dealkylation sites (tertiary alicyclic amines) is 1. The van der Waals surface area contributed by atoms with Crippen molar-refractivity contribution in [3.05, 3.63) is 71.1 Å². The Morgan fingerprint density at radius 1 is 1.05 bits per heavy atom. The number of primary amides is 1. The quantitative estimate of drug-likeness (QED) is 0.267. The molecule has 0 saturated carbocycles. The van der Waals surface area contributed by atoms with Crippen LogP contribution >= 0.6 is 11.6 Å². The highest BCUT2D eigenvalue weighted by Gasteiger charge is 2.40. The summed E-state index contributed by atoms with van der Waals surface area (Å²) in [5, 5.41) is 13.9. The van der Waals surface area contributed by atoms with E-state index in [9.17, 15) is 18.8 Å². The number of hydrogen-bond acceptors (Lipinski definition) is 6. The van der Waals surface area contributed by atoms with E-state index >= 15 is 4.39 Å². The molecule has 42 heavy (non-hydrogen) atoms. The number of hydrogen-bond donors (Lipinski definition) is 4. The van der Waals surface area contributed by atoms with Crippen LogP contribution in [-0.4, -0.2) is 64.2 Å². The maximum absolute atomic E-state index is 15.7. The number of anilines is 3. The Hall–Kier alpha value is -4.71. The van der Waals surface area contributed by atoms with Gasteiger partial charge in [-0.1, -0.05) is 48.0 Å². The van der Waals surface area contributed by atoms with Crippen molar-refractivity contribution in [1.29, 1.82) is 0 Å². The fraction of sp³-hybridized carbons (Fsp3) is 0.241. The molecule has 5 N–H and O–H groups in total. The zero-order valence-corrected chi connectivity index (χ0v) is 22.9. The summed E-state index contributed by atoms with van der Waals surface area (Å²) in [5.74, 6) is -2.79. The molecule has 13 heteroatoms. The molecule has 2 atom stereocenters.